The summed E-state index contributed by atoms with van der Waals surface area (Å²) in [4.78, 5) is 28.5. The first-order valence-corrected chi connectivity index (χ1v) is 5.81. The zero-order valence-corrected chi connectivity index (χ0v) is 9.87. The third-order valence-electron chi connectivity index (χ3n) is 3.14. The smallest absolute Gasteiger partial charge is 0.306 e. The van der Waals surface area contributed by atoms with Crippen LogP contribution in [0.5, 0.6) is 0 Å². The summed E-state index contributed by atoms with van der Waals surface area (Å²) in [5, 5.41) is 8.88. The van der Waals surface area contributed by atoms with E-state index in [1.54, 1.807) is 17.0 Å². The molecule has 2 heterocycles. The molecule has 0 atom stereocenters. The number of nitrogen functional groups attached to an aromatic ring is 1. The predicted molar refractivity (Wildman–Crippen MR) is 64.9 cm³/mol. The van der Waals surface area contributed by atoms with Crippen LogP contribution in [-0.2, 0) is 4.79 Å². The molecule has 2 rings (SSSR count). The Hall–Kier alpha value is -2.11. The molecule has 1 aliphatic heterocycles. The van der Waals surface area contributed by atoms with Crippen LogP contribution in [-0.4, -0.2) is 40.0 Å². The lowest BCUT2D eigenvalue weighted by Gasteiger charge is -2.29. The normalized spacial score (nSPS) is 16.6. The van der Waals surface area contributed by atoms with Crippen LogP contribution in [0.1, 0.15) is 23.3 Å². The van der Waals surface area contributed by atoms with Gasteiger partial charge in [0.05, 0.1) is 17.8 Å². The molecule has 1 aliphatic rings. The molecule has 1 fully saturated rings. The average molecular weight is 249 g/mol. The molecule has 0 unspecified atom stereocenters. The second kappa shape index (κ2) is 5.03. The van der Waals surface area contributed by atoms with Crippen LogP contribution in [0, 0.1) is 5.92 Å². The highest BCUT2D eigenvalue weighted by Gasteiger charge is 2.27. The highest BCUT2D eigenvalue weighted by atomic mass is 16.4. The van der Waals surface area contributed by atoms with Crippen LogP contribution >= 0.6 is 0 Å². The molecule has 1 aromatic rings. The molecule has 0 saturated carbocycles. The highest BCUT2D eigenvalue weighted by Crippen LogP contribution is 2.18. The molecule has 6 heteroatoms. The van der Waals surface area contributed by atoms with E-state index in [1.165, 1.54) is 6.20 Å². The second-order valence-electron chi connectivity index (χ2n) is 4.38. The fourth-order valence-electron chi connectivity index (χ4n) is 2.02. The van der Waals surface area contributed by atoms with E-state index >= 15 is 0 Å². The number of anilines is 1. The number of hydrogen-bond donors (Lipinski definition) is 2. The van der Waals surface area contributed by atoms with Crippen LogP contribution in [0.2, 0.25) is 0 Å². The topological polar surface area (TPSA) is 96.5 Å². The zero-order valence-electron chi connectivity index (χ0n) is 9.87. The van der Waals surface area contributed by atoms with E-state index in [9.17, 15) is 9.59 Å². The number of likely N-dealkylation sites (tertiary alicyclic amines) is 1. The lowest BCUT2D eigenvalue weighted by Crippen LogP contribution is -2.40. The number of piperidine rings is 1. The summed E-state index contributed by atoms with van der Waals surface area (Å²) in [7, 11) is 0. The van der Waals surface area contributed by atoms with Gasteiger partial charge >= 0.3 is 5.97 Å². The Morgan fingerprint density at radius 1 is 1.33 bits per heavy atom. The number of carboxylic acid groups (broad SMARTS) is 1. The monoisotopic (exact) mass is 249 g/mol. The lowest BCUT2D eigenvalue weighted by molar-refractivity contribution is -0.143. The van der Waals surface area contributed by atoms with E-state index in [1.807, 2.05) is 0 Å². The maximum atomic E-state index is 12.1. The molecule has 0 aliphatic carbocycles. The van der Waals surface area contributed by atoms with Crippen LogP contribution in [0.4, 0.5) is 5.69 Å². The number of amides is 1. The molecule has 0 bridgehead atoms. The van der Waals surface area contributed by atoms with Gasteiger partial charge < -0.3 is 15.7 Å². The average Bonchev–Trinajstić information content (AvgIpc) is 2.39. The van der Waals surface area contributed by atoms with Gasteiger partial charge in [0.25, 0.3) is 5.91 Å². The number of aromatic nitrogens is 1. The van der Waals surface area contributed by atoms with Gasteiger partial charge in [-0.05, 0) is 25.0 Å². The van der Waals surface area contributed by atoms with E-state index in [2.05, 4.69) is 4.98 Å². The van der Waals surface area contributed by atoms with E-state index in [0.717, 1.165) is 0 Å². The summed E-state index contributed by atoms with van der Waals surface area (Å²) in [5.74, 6) is -1.29. The lowest BCUT2D eigenvalue weighted by atomic mass is 9.97. The zero-order chi connectivity index (χ0) is 13.1. The largest absolute Gasteiger partial charge is 0.481 e. The summed E-state index contributed by atoms with van der Waals surface area (Å²) < 4.78 is 0. The fourth-order valence-corrected chi connectivity index (χ4v) is 2.02. The predicted octanol–water partition coefficient (Wildman–Crippen LogP) is 0.601. The first kappa shape index (κ1) is 12.3. The maximum Gasteiger partial charge on any atom is 0.306 e. The number of rotatable bonds is 2. The third-order valence-corrected chi connectivity index (χ3v) is 3.14. The summed E-state index contributed by atoms with van der Waals surface area (Å²) in [6.07, 6.45) is 2.43. The molecule has 1 saturated heterocycles. The van der Waals surface area contributed by atoms with Crippen molar-refractivity contribution in [3.8, 4) is 0 Å². The van der Waals surface area contributed by atoms with Crippen molar-refractivity contribution in [1.29, 1.82) is 0 Å². The van der Waals surface area contributed by atoms with Crippen LogP contribution in [0.3, 0.4) is 0 Å². The molecule has 0 aromatic carbocycles. The molecule has 0 radical (unpaired) electrons. The van der Waals surface area contributed by atoms with Crippen LogP contribution in [0.15, 0.2) is 18.3 Å². The van der Waals surface area contributed by atoms with Crippen molar-refractivity contribution in [3.05, 3.63) is 24.0 Å². The minimum absolute atomic E-state index is 0.168. The van der Waals surface area contributed by atoms with E-state index in [4.69, 9.17) is 10.8 Å². The van der Waals surface area contributed by atoms with Crippen molar-refractivity contribution in [2.24, 2.45) is 5.92 Å². The summed E-state index contributed by atoms with van der Waals surface area (Å²) in [6.45, 7) is 0.920. The number of carboxylic acids is 1. The van der Waals surface area contributed by atoms with E-state index < -0.39 is 5.97 Å². The number of pyridine rings is 1. The van der Waals surface area contributed by atoms with E-state index in [-0.39, 0.29) is 11.8 Å². The molecular weight excluding hydrogens is 234 g/mol. The first-order valence-electron chi connectivity index (χ1n) is 5.81. The minimum atomic E-state index is -0.785. The number of carbonyl (C=O) groups excluding carboxylic acids is 1. The summed E-state index contributed by atoms with van der Waals surface area (Å²) in [5.41, 5.74) is 6.36. The highest BCUT2D eigenvalue weighted by molar-refractivity contribution is 5.92. The van der Waals surface area contributed by atoms with E-state index in [0.29, 0.717) is 37.3 Å². The Morgan fingerprint density at radius 3 is 2.50 bits per heavy atom. The van der Waals surface area contributed by atoms with Crippen molar-refractivity contribution in [2.75, 3.05) is 18.8 Å². The maximum absolute atomic E-state index is 12.1. The van der Waals surface area contributed by atoms with Crippen molar-refractivity contribution in [2.45, 2.75) is 12.8 Å². The Bertz CT molecular complexity index is 450. The third kappa shape index (κ3) is 2.58. The Kier molecular flexibility index (Phi) is 3.45. The van der Waals surface area contributed by atoms with Gasteiger partial charge in [-0.3, -0.25) is 9.59 Å². The number of hydrogen-bond acceptors (Lipinski definition) is 4. The molecule has 3 N–H and O–H groups in total. The summed E-state index contributed by atoms with van der Waals surface area (Å²) >= 11 is 0. The standard InChI is InChI=1S/C12H15N3O3/c13-9-1-2-10(14-7-9)11(16)15-5-3-8(4-6-15)12(17)18/h1-2,7-8H,3-6,13H2,(H,17,18). The fraction of sp³-hybridized carbons (Fsp3) is 0.417. The first-order chi connectivity index (χ1) is 8.58. The van der Waals surface area contributed by atoms with Gasteiger partial charge in [0.15, 0.2) is 0 Å². The van der Waals surface area contributed by atoms with Crippen molar-refractivity contribution in [1.82, 2.24) is 9.88 Å². The van der Waals surface area contributed by atoms with Gasteiger partial charge in [-0.2, -0.15) is 0 Å². The molecular formula is C12H15N3O3. The number of nitrogens with two attached hydrogens (primary N) is 1. The Balaban J connectivity index is 1.99. The molecule has 0 spiro atoms. The van der Waals surface area contributed by atoms with Gasteiger partial charge in [-0.25, -0.2) is 4.98 Å². The second-order valence-corrected chi connectivity index (χ2v) is 4.38. The van der Waals surface area contributed by atoms with Gasteiger partial charge in [-0.15, -0.1) is 0 Å². The SMILES string of the molecule is Nc1ccc(C(=O)N2CCC(C(=O)O)CC2)nc1. The van der Waals surface area contributed by atoms with Crippen molar-refractivity contribution < 1.29 is 14.7 Å². The van der Waals surface area contributed by atoms with Gasteiger partial charge in [-0.1, -0.05) is 0 Å². The molecule has 96 valence electrons. The van der Waals surface area contributed by atoms with Crippen molar-refractivity contribution in [3.63, 3.8) is 0 Å². The molecule has 1 aromatic heterocycles. The Morgan fingerprint density at radius 2 is 2.00 bits per heavy atom. The van der Waals surface area contributed by atoms with Gasteiger partial charge in [0, 0.05) is 13.1 Å². The molecule has 6 nitrogen and oxygen atoms in total. The van der Waals surface area contributed by atoms with Crippen LogP contribution in [0.25, 0.3) is 0 Å². The number of nitrogens with zero attached hydrogens (tertiary/aromatic N) is 2. The summed E-state index contributed by atoms with van der Waals surface area (Å²) in [6, 6.07) is 3.21. The number of carbonyl (C=O) groups is 2. The molecule has 1 amide bonds. The molecule has 18 heavy (non-hydrogen) atoms. The van der Waals surface area contributed by atoms with Crippen LogP contribution < -0.4 is 5.73 Å². The minimum Gasteiger partial charge on any atom is -0.481 e. The van der Waals surface area contributed by atoms with Crippen molar-refractivity contribution >= 4 is 17.6 Å². The number of aliphatic carboxylic acids is 1. The van der Waals surface area contributed by atoms with Gasteiger partial charge in [0.2, 0.25) is 0 Å². The Labute approximate surface area is 104 Å². The quantitative estimate of drug-likeness (QED) is 0.800. The van der Waals surface area contributed by atoms with Gasteiger partial charge in [0.1, 0.15) is 5.69 Å².